The standard InChI is InChI=1S/C6H6N2.H2/c1-3-6-4-7-8(2)5-6;/h1,4-5H,2H3;1H. The van der Waals surface area contributed by atoms with Crippen LogP contribution in [0.1, 0.15) is 6.99 Å². The van der Waals surface area contributed by atoms with Crippen LogP contribution in [0, 0.1) is 12.3 Å². The van der Waals surface area contributed by atoms with Crippen LogP contribution in [-0.2, 0) is 7.05 Å². The van der Waals surface area contributed by atoms with E-state index in [0.29, 0.717) is 0 Å². The van der Waals surface area contributed by atoms with Gasteiger partial charge in [-0.05, 0) is 0 Å². The molecular formula is C6H8N2. The van der Waals surface area contributed by atoms with Gasteiger partial charge in [0.1, 0.15) is 0 Å². The van der Waals surface area contributed by atoms with Gasteiger partial charge in [0.25, 0.3) is 0 Å². The summed E-state index contributed by atoms with van der Waals surface area (Å²) in [5.74, 6) is 2.46. The molecule has 0 atom stereocenters. The molecule has 2 nitrogen and oxygen atoms in total. The minimum Gasteiger partial charge on any atom is -0.275 e. The predicted octanol–water partition coefficient (Wildman–Crippen LogP) is 0.647. The highest BCUT2D eigenvalue weighted by molar-refractivity contribution is 5.25. The predicted molar refractivity (Wildman–Crippen MR) is 33.3 cm³/mol. The van der Waals surface area contributed by atoms with Gasteiger partial charge >= 0.3 is 0 Å². The van der Waals surface area contributed by atoms with E-state index in [0.717, 1.165) is 5.56 Å². The number of hydrogen-bond donors (Lipinski definition) is 0. The largest absolute Gasteiger partial charge is 0.275 e. The molecule has 1 aromatic heterocycles. The second-order valence-corrected chi connectivity index (χ2v) is 1.55. The minimum atomic E-state index is 0. The van der Waals surface area contributed by atoms with E-state index in [1.165, 1.54) is 0 Å². The molecular weight excluding hydrogens is 100 g/mol. The van der Waals surface area contributed by atoms with Gasteiger partial charge in [-0.2, -0.15) is 5.10 Å². The second kappa shape index (κ2) is 1.71. The minimum absolute atomic E-state index is 0. The molecule has 0 unspecified atom stereocenters. The van der Waals surface area contributed by atoms with Gasteiger partial charge in [0.15, 0.2) is 0 Å². The number of aromatic nitrogens is 2. The lowest BCUT2D eigenvalue weighted by Gasteiger charge is -1.78. The van der Waals surface area contributed by atoms with E-state index < -0.39 is 0 Å². The summed E-state index contributed by atoms with van der Waals surface area (Å²) in [4.78, 5) is 0. The lowest BCUT2D eigenvalue weighted by Crippen LogP contribution is -1.83. The first-order chi connectivity index (χ1) is 3.83. The van der Waals surface area contributed by atoms with Crippen LogP contribution in [0.15, 0.2) is 12.4 Å². The SMILES string of the molecule is C#Cc1cnn(C)c1.[HH]. The summed E-state index contributed by atoms with van der Waals surface area (Å²) in [7, 11) is 1.83. The number of rotatable bonds is 0. The van der Waals surface area contributed by atoms with E-state index in [1.54, 1.807) is 17.1 Å². The molecule has 0 aliphatic carbocycles. The van der Waals surface area contributed by atoms with Crippen molar-refractivity contribution in [3.05, 3.63) is 18.0 Å². The molecule has 0 radical (unpaired) electrons. The van der Waals surface area contributed by atoms with Gasteiger partial charge in [0, 0.05) is 14.7 Å². The first kappa shape index (κ1) is 4.92. The Morgan fingerprint density at radius 2 is 2.75 bits per heavy atom. The van der Waals surface area contributed by atoms with Crippen LogP contribution in [0.4, 0.5) is 0 Å². The average molecular weight is 108 g/mol. The molecule has 0 bridgehead atoms. The lowest BCUT2D eigenvalue weighted by atomic mass is 10.4. The maximum atomic E-state index is 5.06. The molecule has 0 saturated carbocycles. The zero-order valence-corrected chi connectivity index (χ0v) is 4.63. The van der Waals surface area contributed by atoms with E-state index in [4.69, 9.17) is 6.42 Å². The highest BCUT2D eigenvalue weighted by Gasteiger charge is 1.85. The van der Waals surface area contributed by atoms with Crippen molar-refractivity contribution in [1.29, 1.82) is 0 Å². The maximum Gasteiger partial charge on any atom is 0.0646 e. The van der Waals surface area contributed by atoms with Crippen molar-refractivity contribution >= 4 is 0 Å². The second-order valence-electron chi connectivity index (χ2n) is 1.55. The topological polar surface area (TPSA) is 17.8 Å². The summed E-state index contributed by atoms with van der Waals surface area (Å²) in [5, 5.41) is 3.86. The Morgan fingerprint density at radius 1 is 2.00 bits per heavy atom. The van der Waals surface area contributed by atoms with E-state index in [9.17, 15) is 0 Å². The van der Waals surface area contributed by atoms with Gasteiger partial charge in [-0.25, -0.2) is 0 Å². The zero-order chi connectivity index (χ0) is 5.98. The van der Waals surface area contributed by atoms with Gasteiger partial charge in [0.05, 0.1) is 11.8 Å². The van der Waals surface area contributed by atoms with Crippen molar-refractivity contribution in [1.82, 2.24) is 9.78 Å². The third kappa shape index (κ3) is 0.710. The molecule has 0 N–H and O–H groups in total. The molecule has 0 fully saturated rings. The van der Waals surface area contributed by atoms with Crippen molar-refractivity contribution in [3.63, 3.8) is 0 Å². The molecule has 42 valence electrons. The summed E-state index contributed by atoms with van der Waals surface area (Å²) in [5.41, 5.74) is 0.826. The molecule has 2 heteroatoms. The average Bonchev–Trinajstić information content (AvgIpc) is 2.14. The summed E-state index contributed by atoms with van der Waals surface area (Å²) < 4.78 is 1.68. The summed E-state index contributed by atoms with van der Waals surface area (Å²) in [6, 6.07) is 0. The highest BCUT2D eigenvalue weighted by Crippen LogP contribution is 1.89. The number of terminal acetylenes is 1. The van der Waals surface area contributed by atoms with Crippen LogP contribution in [0.5, 0.6) is 0 Å². The maximum absolute atomic E-state index is 5.06. The Kier molecular flexibility index (Phi) is 1.05. The van der Waals surface area contributed by atoms with Gasteiger partial charge in [-0.1, -0.05) is 5.92 Å². The Balaban J connectivity index is 0.000000640. The molecule has 1 rings (SSSR count). The van der Waals surface area contributed by atoms with Gasteiger partial charge < -0.3 is 0 Å². The van der Waals surface area contributed by atoms with Crippen molar-refractivity contribution in [2.24, 2.45) is 7.05 Å². The Labute approximate surface area is 49.6 Å². The van der Waals surface area contributed by atoms with Crippen molar-refractivity contribution < 1.29 is 1.43 Å². The Morgan fingerprint density at radius 3 is 3.00 bits per heavy atom. The third-order valence-corrected chi connectivity index (χ3v) is 0.872. The molecule has 0 saturated heterocycles. The molecule has 0 aromatic carbocycles. The highest BCUT2D eigenvalue weighted by atomic mass is 15.2. The lowest BCUT2D eigenvalue weighted by molar-refractivity contribution is 0.767. The number of hydrogen-bond acceptors (Lipinski definition) is 1. The molecule has 1 heterocycles. The fourth-order valence-electron chi connectivity index (χ4n) is 0.496. The van der Waals surface area contributed by atoms with E-state index in [2.05, 4.69) is 11.0 Å². The van der Waals surface area contributed by atoms with E-state index in [1.807, 2.05) is 7.05 Å². The van der Waals surface area contributed by atoms with Gasteiger partial charge in [-0.3, -0.25) is 4.68 Å². The van der Waals surface area contributed by atoms with Crippen molar-refractivity contribution in [2.75, 3.05) is 0 Å². The summed E-state index contributed by atoms with van der Waals surface area (Å²) in [6.45, 7) is 0. The summed E-state index contributed by atoms with van der Waals surface area (Å²) in [6.07, 6.45) is 8.50. The van der Waals surface area contributed by atoms with Crippen molar-refractivity contribution in [3.8, 4) is 12.3 Å². The van der Waals surface area contributed by atoms with Gasteiger partial charge in [-0.15, -0.1) is 6.42 Å². The monoisotopic (exact) mass is 108 g/mol. The van der Waals surface area contributed by atoms with Crippen LogP contribution in [0.3, 0.4) is 0 Å². The smallest absolute Gasteiger partial charge is 0.0646 e. The first-order valence-electron chi connectivity index (χ1n) is 2.28. The van der Waals surface area contributed by atoms with Crippen LogP contribution in [-0.4, -0.2) is 9.78 Å². The quantitative estimate of drug-likeness (QED) is 0.446. The normalized spacial score (nSPS) is 8.50. The zero-order valence-electron chi connectivity index (χ0n) is 4.63. The molecule has 0 aliphatic rings. The summed E-state index contributed by atoms with van der Waals surface area (Å²) >= 11 is 0. The molecule has 0 amide bonds. The van der Waals surface area contributed by atoms with Crippen LogP contribution >= 0.6 is 0 Å². The first-order valence-corrected chi connectivity index (χ1v) is 2.28. The van der Waals surface area contributed by atoms with E-state index >= 15 is 0 Å². The van der Waals surface area contributed by atoms with Gasteiger partial charge in [0.2, 0.25) is 0 Å². The molecule has 0 aliphatic heterocycles. The van der Waals surface area contributed by atoms with Crippen LogP contribution in [0.2, 0.25) is 0 Å². The molecule has 0 spiro atoms. The Hall–Kier alpha value is -1.23. The van der Waals surface area contributed by atoms with Crippen LogP contribution in [0.25, 0.3) is 0 Å². The third-order valence-electron chi connectivity index (χ3n) is 0.872. The molecule has 1 aromatic rings. The number of aryl methyl sites for hydroxylation is 1. The molecule has 8 heavy (non-hydrogen) atoms. The fourth-order valence-corrected chi connectivity index (χ4v) is 0.496. The fraction of sp³-hybridized carbons (Fsp3) is 0.167. The Bertz CT molecular complexity index is 221. The van der Waals surface area contributed by atoms with E-state index in [-0.39, 0.29) is 1.43 Å². The van der Waals surface area contributed by atoms with Crippen LogP contribution < -0.4 is 0 Å². The number of nitrogens with zero attached hydrogens (tertiary/aromatic N) is 2. The van der Waals surface area contributed by atoms with Crippen molar-refractivity contribution in [2.45, 2.75) is 0 Å².